The Labute approximate surface area is 231 Å². The van der Waals surface area contributed by atoms with Crippen molar-refractivity contribution in [2.75, 3.05) is 31.6 Å². The number of rotatable bonds is 10. The molecule has 210 valence electrons. The van der Waals surface area contributed by atoms with Gasteiger partial charge in [0.2, 0.25) is 0 Å². The van der Waals surface area contributed by atoms with Crippen LogP contribution in [0.2, 0.25) is 0 Å². The van der Waals surface area contributed by atoms with Gasteiger partial charge in [-0.3, -0.25) is 4.90 Å². The van der Waals surface area contributed by atoms with Crippen LogP contribution in [0.15, 0.2) is 59.0 Å². The van der Waals surface area contributed by atoms with Crippen molar-refractivity contribution in [3.05, 3.63) is 66.0 Å². The monoisotopic (exact) mass is 549 g/mol. The Morgan fingerprint density at radius 3 is 2.35 bits per heavy atom. The Kier molecular flexibility index (Phi) is 8.35. The van der Waals surface area contributed by atoms with E-state index in [2.05, 4.69) is 27.3 Å². The van der Waals surface area contributed by atoms with E-state index in [4.69, 9.17) is 23.7 Å². The minimum atomic E-state index is -1.37. The van der Waals surface area contributed by atoms with Crippen LogP contribution in [0.25, 0.3) is 22.2 Å². The van der Waals surface area contributed by atoms with Crippen molar-refractivity contribution in [1.82, 2.24) is 9.88 Å². The van der Waals surface area contributed by atoms with Crippen LogP contribution in [0.1, 0.15) is 32.3 Å². The standard InChI is InChI=1S/C30H32FN3O6/c1-3-37-26-15-19(16-27(38-4-2)28(26)20-5-7-21(31)8-6-20)18-34-13-11-22(12-14-34)32-29-33-24-17-23(39-30(35)36)9-10-25(24)40-29/h5-10,15-17,22H,3-4,11-14,18H2,1-2H3,(H,32,33)(H,35,36). The van der Waals surface area contributed by atoms with Crippen LogP contribution in [0.3, 0.4) is 0 Å². The van der Waals surface area contributed by atoms with Crippen LogP contribution in [0.4, 0.5) is 15.2 Å². The number of carboxylic acid groups (broad SMARTS) is 1. The number of nitrogens with one attached hydrogen (secondary N) is 1. The first kappa shape index (κ1) is 27.3. The maximum absolute atomic E-state index is 13.6. The van der Waals surface area contributed by atoms with Crippen molar-refractivity contribution in [2.45, 2.75) is 39.3 Å². The molecule has 1 saturated heterocycles. The SMILES string of the molecule is CCOc1cc(CN2CCC(Nc3nc4cc(OC(=O)O)ccc4o3)CC2)cc(OCC)c1-c1ccc(F)cc1. The molecule has 2 N–H and O–H groups in total. The van der Waals surface area contributed by atoms with Crippen LogP contribution < -0.4 is 19.5 Å². The molecule has 0 unspecified atom stereocenters. The first-order chi connectivity index (χ1) is 19.4. The quantitative estimate of drug-likeness (QED) is 0.168. The fourth-order valence-corrected chi connectivity index (χ4v) is 4.98. The molecule has 1 aliphatic rings. The maximum Gasteiger partial charge on any atom is 0.511 e. The lowest BCUT2D eigenvalue weighted by molar-refractivity contribution is 0.144. The van der Waals surface area contributed by atoms with Crippen LogP contribution in [-0.2, 0) is 6.54 Å². The zero-order chi connectivity index (χ0) is 28.1. The lowest BCUT2D eigenvalue weighted by atomic mass is 9.99. The predicted molar refractivity (Wildman–Crippen MR) is 149 cm³/mol. The molecule has 1 aliphatic heterocycles. The normalized spacial score (nSPS) is 14.3. The highest BCUT2D eigenvalue weighted by atomic mass is 19.1. The van der Waals surface area contributed by atoms with Crippen molar-refractivity contribution in [3.63, 3.8) is 0 Å². The fraction of sp³-hybridized carbons (Fsp3) is 0.333. The number of anilines is 1. The summed E-state index contributed by atoms with van der Waals surface area (Å²) in [5, 5.41) is 12.2. The minimum absolute atomic E-state index is 0.192. The molecule has 9 nitrogen and oxygen atoms in total. The largest absolute Gasteiger partial charge is 0.511 e. The van der Waals surface area contributed by atoms with E-state index in [0.717, 1.165) is 60.7 Å². The molecule has 0 saturated carbocycles. The van der Waals surface area contributed by atoms with Crippen molar-refractivity contribution in [2.24, 2.45) is 0 Å². The molecule has 1 aromatic heterocycles. The molecule has 0 radical (unpaired) electrons. The first-order valence-corrected chi connectivity index (χ1v) is 13.4. The first-order valence-electron chi connectivity index (χ1n) is 13.4. The summed E-state index contributed by atoms with van der Waals surface area (Å²) in [6, 6.07) is 15.8. The number of piperidine rings is 1. The van der Waals surface area contributed by atoms with Crippen LogP contribution in [0, 0.1) is 5.82 Å². The average molecular weight is 550 g/mol. The number of hydrogen-bond donors (Lipinski definition) is 2. The van der Waals surface area contributed by atoms with Gasteiger partial charge in [-0.1, -0.05) is 12.1 Å². The van der Waals surface area contributed by atoms with Gasteiger partial charge in [-0.25, -0.2) is 9.18 Å². The van der Waals surface area contributed by atoms with Gasteiger partial charge < -0.3 is 29.1 Å². The number of carbonyl (C=O) groups is 1. The summed E-state index contributed by atoms with van der Waals surface area (Å²) in [4.78, 5) is 17.6. The topological polar surface area (TPSA) is 106 Å². The molecule has 40 heavy (non-hydrogen) atoms. The van der Waals surface area contributed by atoms with Gasteiger partial charge in [-0.15, -0.1) is 0 Å². The summed E-state index contributed by atoms with van der Waals surface area (Å²) in [6.45, 7) is 7.39. The van der Waals surface area contributed by atoms with Gasteiger partial charge in [-0.05, 0) is 74.2 Å². The summed E-state index contributed by atoms with van der Waals surface area (Å²) in [7, 11) is 0. The van der Waals surface area contributed by atoms with Crippen molar-refractivity contribution < 1.29 is 32.9 Å². The second kappa shape index (κ2) is 12.3. The van der Waals surface area contributed by atoms with E-state index in [-0.39, 0.29) is 17.6 Å². The highest BCUT2D eigenvalue weighted by molar-refractivity contribution is 5.78. The number of halogens is 1. The molecule has 0 amide bonds. The number of hydrogen-bond acceptors (Lipinski definition) is 8. The molecular formula is C30H32FN3O6. The highest BCUT2D eigenvalue weighted by Gasteiger charge is 2.23. The van der Waals surface area contributed by atoms with Crippen molar-refractivity contribution in [3.8, 4) is 28.4 Å². The number of fused-ring (bicyclic) bond motifs is 1. The zero-order valence-corrected chi connectivity index (χ0v) is 22.5. The number of nitrogens with zero attached hydrogens (tertiary/aromatic N) is 2. The smallest absolute Gasteiger partial charge is 0.493 e. The summed E-state index contributed by atoms with van der Waals surface area (Å²) in [5.74, 6) is 1.35. The van der Waals surface area contributed by atoms with Crippen LogP contribution in [-0.4, -0.2) is 53.5 Å². The number of oxazole rings is 1. The van der Waals surface area contributed by atoms with Gasteiger partial charge in [0.1, 0.15) is 28.6 Å². The number of benzene rings is 3. The van der Waals surface area contributed by atoms with E-state index in [9.17, 15) is 9.18 Å². The molecule has 0 spiro atoms. The number of aromatic nitrogens is 1. The van der Waals surface area contributed by atoms with E-state index >= 15 is 0 Å². The third kappa shape index (κ3) is 6.45. The summed E-state index contributed by atoms with van der Waals surface area (Å²) < 4.78 is 36.1. The summed E-state index contributed by atoms with van der Waals surface area (Å²) in [5.41, 5.74) is 3.84. The molecule has 10 heteroatoms. The van der Waals surface area contributed by atoms with Crippen LogP contribution >= 0.6 is 0 Å². The predicted octanol–water partition coefficient (Wildman–Crippen LogP) is 6.56. The van der Waals surface area contributed by atoms with Crippen molar-refractivity contribution in [1.29, 1.82) is 0 Å². The zero-order valence-electron chi connectivity index (χ0n) is 22.5. The Hall–Kier alpha value is -4.31. The minimum Gasteiger partial charge on any atom is -0.493 e. The summed E-state index contributed by atoms with van der Waals surface area (Å²) in [6.07, 6.45) is 0.423. The van der Waals surface area contributed by atoms with Gasteiger partial charge in [0.15, 0.2) is 5.58 Å². The van der Waals surface area contributed by atoms with E-state index in [1.807, 2.05) is 13.8 Å². The third-order valence-corrected chi connectivity index (χ3v) is 6.74. The lowest BCUT2D eigenvalue weighted by Gasteiger charge is -2.32. The molecule has 4 aromatic rings. The van der Waals surface area contributed by atoms with E-state index < -0.39 is 6.16 Å². The van der Waals surface area contributed by atoms with Gasteiger partial charge in [0.05, 0.1) is 18.8 Å². The lowest BCUT2D eigenvalue weighted by Crippen LogP contribution is -2.38. The molecule has 5 rings (SSSR count). The second-order valence-corrected chi connectivity index (χ2v) is 9.55. The Morgan fingerprint density at radius 1 is 1.05 bits per heavy atom. The fourth-order valence-electron chi connectivity index (χ4n) is 4.98. The highest BCUT2D eigenvalue weighted by Crippen LogP contribution is 2.40. The molecule has 0 aliphatic carbocycles. The molecule has 0 bridgehead atoms. The van der Waals surface area contributed by atoms with E-state index in [0.29, 0.717) is 30.3 Å². The second-order valence-electron chi connectivity index (χ2n) is 9.55. The Morgan fingerprint density at radius 2 is 1.73 bits per heavy atom. The van der Waals surface area contributed by atoms with E-state index in [1.54, 1.807) is 18.2 Å². The van der Waals surface area contributed by atoms with Gasteiger partial charge in [0.25, 0.3) is 6.01 Å². The van der Waals surface area contributed by atoms with Gasteiger partial charge in [0, 0.05) is 31.7 Å². The van der Waals surface area contributed by atoms with Gasteiger partial charge in [-0.2, -0.15) is 4.98 Å². The molecule has 3 aromatic carbocycles. The Balaban J connectivity index is 1.25. The summed E-state index contributed by atoms with van der Waals surface area (Å²) >= 11 is 0. The third-order valence-electron chi connectivity index (χ3n) is 6.74. The maximum atomic E-state index is 13.6. The molecule has 1 fully saturated rings. The molecule has 0 atom stereocenters. The van der Waals surface area contributed by atoms with Crippen LogP contribution in [0.5, 0.6) is 17.2 Å². The Bertz CT molecular complexity index is 1440. The molecular weight excluding hydrogens is 517 g/mol. The number of likely N-dealkylation sites (tertiary alicyclic amines) is 1. The van der Waals surface area contributed by atoms with E-state index in [1.165, 1.54) is 24.3 Å². The van der Waals surface area contributed by atoms with Crippen molar-refractivity contribution >= 4 is 23.3 Å². The van der Waals surface area contributed by atoms with Gasteiger partial charge >= 0.3 is 6.16 Å². The average Bonchev–Trinajstić information content (AvgIpc) is 3.32. The molecule has 2 heterocycles. The number of ether oxygens (including phenoxy) is 3.